The Morgan fingerprint density at radius 2 is 2.50 bits per heavy atom. The minimum Gasteiger partial charge on any atom is -0.285 e. The molecule has 0 spiro atoms. The zero-order valence-electron chi connectivity index (χ0n) is 6.33. The van der Waals surface area contributed by atoms with Gasteiger partial charge in [-0.25, -0.2) is 4.39 Å². The van der Waals surface area contributed by atoms with E-state index in [-0.39, 0.29) is 24.2 Å². The lowest BCUT2D eigenvalue weighted by Gasteiger charge is -2.15. The fourth-order valence-corrected chi connectivity index (χ4v) is 1.64. The third-order valence-corrected chi connectivity index (χ3v) is 2.08. The highest BCUT2D eigenvalue weighted by molar-refractivity contribution is 9.18. The van der Waals surface area contributed by atoms with Gasteiger partial charge in [0.15, 0.2) is 0 Å². The molecule has 1 aliphatic heterocycles. The summed E-state index contributed by atoms with van der Waals surface area (Å²) >= 11 is 2.75. The maximum atomic E-state index is 12.7. The SMILES string of the molecule is N#C[C@@H]1C[C@H](F)CN1CC(=O)Br. The maximum Gasteiger partial charge on any atom is 0.211 e. The molecule has 0 radical (unpaired) electrons. The smallest absolute Gasteiger partial charge is 0.211 e. The Hall–Kier alpha value is -0.470. The van der Waals surface area contributed by atoms with Gasteiger partial charge in [-0.05, 0) is 15.9 Å². The molecule has 0 N–H and O–H groups in total. The van der Waals surface area contributed by atoms with Crippen molar-refractivity contribution in [3.05, 3.63) is 0 Å². The van der Waals surface area contributed by atoms with E-state index in [4.69, 9.17) is 5.26 Å². The van der Waals surface area contributed by atoms with Crippen LogP contribution in [0.25, 0.3) is 0 Å². The normalized spacial score (nSPS) is 30.1. The van der Waals surface area contributed by atoms with Crippen LogP contribution in [0, 0.1) is 11.3 Å². The number of hydrogen-bond donors (Lipinski definition) is 0. The van der Waals surface area contributed by atoms with E-state index in [0.717, 1.165) is 0 Å². The summed E-state index contributed by atoms with van der Waals surface area (Å²) in [5, 5.41) is 8.58. The number of likely N-dealkylation sites (tertiary alicyclic amines) is 1. The second-order valence-corrected chi connectivity index (χ2v) is 3.65. The van der Waals surface area contributed by atoms with E-state index in [1.807, 2.05) is 6.07 Å². The molecule has 66 valence electrons. The minimum atomic E-state index is -0.971. The average Bonchev–Trinajstić information content (AvgIpc) is 2.29. The Bertz CT molecular complexity index is 228. The van der Waals surface area contributed by atoms with Gasteiger partial charge >= 0.3 is 0 Å². The lowest BCUT2D eigenvalue weighted by atomic mass is 10.2. The van der Waals surface area contributed by atoms with Crippen molar-refractivity contribution in [2.24, 2.45) is 0 Å². The molecule has 0 bridgehead atoms. The predicted molar refractivity (Wildman–Crippen MR) is 44.4 cm³/mol. The molecule has 12 heavy (non-hydrogen) atoms. The van der Waals surface area contributed by atoms with Crippen molar-refractivity contribution < 1.29 is 9.18 Å². The van der Waals surface area contributed by atoms with Crippen molar-refractivity contribution in [1.82, 2.24) is 4.90 Å². The molecule has 1 rings (SSSR count). The third-order valence-electron chi connectivity index (χ3n) is 1.83. The van der Waals surface area contributed by atoms with Gasteiger partial charge in [0.05, 0.1) is 12.6 Å². The van der Waals surface area contributed by atoms with E-state index in [1.165, 1.54) is 0 Å². The molecular weight excluding hydrogens is 227 g/mol. The van der Waals surface area contributed by atoms with Gasteiger partial charge in [0.1, 0.15) is 12.2 Å². The molecule has 1 aliphatic rings. The van der Waals surface area contributed by atoms with Gasteiger partial charge in [-0.1, -0.05) is 0 Å². The number of nitrogens with zero attached hydrogens (tertiary/aromatic N) is 2. The first-order chi connectivity index (χ1) is 5.63. The minimum absolute atomic E-state index is 0.110. The summed E-state index contributed by atoms with van der Waals surface area (Å²) in [5.74, 6) is 0. The summed E-state index contributed by atoms with van der Waals surface area (Å²) in [6.45, 7) is 0.300. The zero-order chi connectivity index (χ0) is 9.14. The monoisotopic (exact) mass is 234 g/mol. The summed E-state index contributed by atoms with van der Waals surface area (Å²) < 4.78 is 12.5. The molecule has 0 aromatic heterocycles. The molecule has 5 heteroatoms. The van der Waals surface area contributed by atoms with Crippen molar-refractivity contribution >= 4 is 20.6 Å². The molecule has 1 fully saturated rings. The largest absolute Gasteiger partial charge is 0.285 e. The molecule has 0 aliphatic carbocycles. The molecule has 2 atom stereocenters. The highest BCUT2D eigenvalue weighted by Gasteiger charge is 2.32. The maximum absolute atomic E-state index is 12.7. The lowest BCUT2D eigenvalue weighted by Crippen LogP contribution is -2.32. The Labute approximate surface area is 78.3 Å². The molecule has 0 aromatic carbocycles. The summed E-state index contributed by atoms with van der Waals surface area (Å²) in [6, 6.07) is 1.52. The highest BCUT2D eigenvalue weighted by Crippen LogP contribution is 2.19. The van der Waals surface area contributed by atoms with Crippen LogP contribution in [-0.4, -0.2) is 34.9 Å². The van der Waals surface area contributed by atoms with Crippen molar-refractivity contribution in [1.29, 1.82) is 5.26 Å². The van der Waals surface area contributed by atoms with E-state index in [2.05, 4.69) is 15.9 Å². The number of halogens is 2. The van der Waals surface area contributed by atoms with Crippen molar-refractivity contribution in [2.75, 3.05) is 13.1 Å². The van der Waals surface area contributed by atoms with Gasteiger partial charge < -0.3 is 0 Å². The quantitative estimate of drug-likeness (QED) is 0.666. The van der Waals surface area contributed by atoms with Crippen molar-refractivity contribution in [3.8, 4) is 6.07 Å². The van der Waals surface area contributed by atoms with Crippen LogP contribution in [0.5, 0.6) is 0 Å². The topological polar surface area (TPSA) is 44.1 Å². The van der Waals surface area contributed by atoms with Crippen LogP contribution in [0.1, 0.15) is 6.42 Å². The molecule has 0 aromatic rings. The van der Waals surface area contributed by atoms with Crippen molar-refractivity contribution in [2.45, 2.75) is 18.6 Å². The van der Waals surface area contributed by atoms with Crippen molar-refractivity contribution in [3.63, 3.8) is 0 Å². The standard InChI is InChI=1S/C7H8BrFN2O/c8-7(12)4-11-3-5(9)1-6(11)2-10/h5-6H,1,3-4H2/t5-,6-/m0/s1. The Kier molecular flexibility index (Phi) is 3.18. The number of alkyl halides is 1. The molecule has 0 saturated carbocycles. The van der Waals surface area contributed by atoms with E-state index in [1.54, 1.807) is 4.90 Å². The van der Waals surface area contributed by atoms with Crippen LogP contribution in [0.3, 0.4) is 0 Å². The van der Waals surface area contributed by atoms with E-state index >= 15 is 0 Å². The molecular formula is C7H8BrFN2O. The van der Waals surface area contributed by atoms with Crippen LogP contribution in [0.2, 0.25) is 0 Å². The number of rotatable bonds is 2. The summed E-state index contributed by atoms with van der Waals surface area (Å²) in [6.07, 6.45) is -0.752. The molecule has 1 saturated heterocycles. The van der Waals surface area contributed by atoms with Gasteiger partial charge in [0.2, 0.25) is 4.69 Å². The van der Waals surface area contributed by atoms with Gasteiger partial charge in [-0.15, -0.1) is 0 Å². The Morgan fingerprint density at radius 3 is 3.00 bits per heavy atom. The molecule has 0 unspecified atom stereocenters. The van der Waals surface area contributed by atoms with Crippen LogP contribution in [0.15, 0.2) is 0 Å². The average molecular weight is 235 g/mol. The van der Waals surface area contributed by atoms with Crippen LogP contribution in [0.4, 0.5) is 4.39 Å². The van der Waals surface area contributed by atoms with Crippen LogP contribution < -0.4 is 0 Å². The number of carbonyl (C=O) groups excluding carboxylic acids is 1. The second-order valence-electron chi connectivity index (χ2n) is 2.76. The molecule has 1 heterocycles. The molecule has 0 amide bonds. The first kappa shape index (κ1) is 9.62. The first-order valence-electron chi connectivity index (χ1n) is 3.59. The van der Waals surface area contributed by atoms with Gasteiger partial charge in [0, 0.05) is 13.0 Å². The second kappa shape index (κ2) is 3.97. The first-order valence-corrected chi connectivity index (χ1v) is 4.39. The Morgan fingerprint density at radius 1 is 1.83 bits per heavy atom. The third kappa shape index (κ3) is 2.26. The van der Waals surface area contributed by atoms with E-state index in [0.29, 0.717) is 0 Å². The fraction of sp³-hybridized carbons (Fsp3) is 0.714. The zero-order valence-corrected chi connectivity index (χ0v) is 7.92. The summed E-state index contributed by atoms with van der Waals surface area (Å²) in [5.41, 5.74) is 0. The number of carbonyl (C=O) groups is 1. The summed E-state index contributed by atoms with van der Waals surface area (Å²) in [4.78, 5) is 12.2. The van der Waals surface area contributed by atoms with Gasteiger partial charge in [-0.2, -0.15) is 5.26 Å². The van der Waals surface area contributed by atoms with E-state index in [9.17, 15) is 9.18 Å². The predicted octanol–water partition coefficient (Wildman–Crippen LogP) is 0.844. The van der Waals surface area contributed by atoms with Crippen LogP contribution >= 0.6 is 15.9 Å². The van der Waals surface area contributed by atoms with Gasteiger partial charge in [-0.3, -0.25) is 9.69 Å². The number of hydrogen-bond acceptors (Lipinski definition) is 3. The highest BCUT2D eigenvalue weighted by atomic mass is 79.9. The van der Waals surface area contributed by atoms with Gasteiger partial charge in [0.25, 0.3) is 0 Å². The van der Waals surface area contributed by atoms with E-state index < -0.39 is 12.2 Å². The Balaban J connectivity index is 2.53. The fourth-order valence-electron chi connectivity index (χ4n) is 1.32. The molecule has 3 nitrogen and oxygen atoms in total. The number of nitriles is 1. The van der Waals surface area contributed by atoms with Crippen LogP contribution in [-0.2, 0) is 4.79 Å². The lowest BCUT2D eigenvalue weighted by molar-refractivity contribution is -0.111. The summed E-state index contributed by atoms with van der Waals surface area (Å²) in [7, 11) is 0.